The summed E-state index contributed by atoms with van der Waals surface area (Å²) in [4.78, 5) is 11.3. The van der Waals surface area contributed by atoms with E-state index >= 15 is 0 Å². The first kappa shape index (κ1) is 15.4. The number of methoxy groups -OCH3 is 1. The molecule has 0 aromatic heterocycles. The Kier molecular flexibility index (Phi) is 10.5. The second-order valence-electron chi connectivity index (χ2n) is 4.12. The van der Waals surface area contributed by atoms with Crippen LogP contribution in [0, 0.1) is 0 Å². The highest BCUT2D eigenvalue weighted by Gasteiger charge is 2.04. The van der Waals surface area contributed by atoms with E-state index in [1.807, 2.05) is 0 Å². The van der Waals surface area contributed by atoms with E-state index in [2.05, 4.69) is 24.5 Å². The molecule has 0 radical (unpaired) electrons. The van der Waals surface area contributed by atoms with Crippen LogP contribution in [-0.4, -0.2) is 38.8 Å². The number of hydrogen-bond acceptors (Lipinski definition) is 3. The number of hydrogen-bond donors (Lipinski definition) is 2. The standard InChI is InChI=1S/C12H26N2O2/c1-4-5-6-7-11(2)14-10-12(15)13-8-9-16-3/h11,14H,4-10H2,1-3H3,(H,13,15). The summed E-state index contributed by atoms with van der Waals surface area (Å²) in [7, 11) is 1.63. The topological polar surface area (TPSA) is 50.4 Å². The van der Waals surface area contributed by atoms with Gasteiger partial charge in [-0.2, -0.15) is 0 Å². The molecule has 1 amide bonds. The third kappa shape index (κ3) is 9.93. The second-order valence-corrected chi connectivity index (χ2v) is 4.12. The first-order valence-corrected chi connectivity index (χ1v) is 6.19. The lowest BCUT2D eigenvalue weighted by molar-refractivity contribution is -0.120. The number of ether oxygens (including phenoxy) is 1. The molecule has 0 fully saturated rings. The zero-order valence-electron chi connectivity index (χ0n) is 10.8. The van der Waals surface area contributed by atoms with Crippen LogP contribution in [0.4, 0.5) is 0 Å². The summed E-state index contributed by atoms with van der Waals surface area (Å²) in [5.41, 5.74) is 0. The minimum atomic E-state index is 0.0411. The number of carbonyl (C=O) groups is 1. The van der Waals surface area contributed by atoms with Crippen molar-refractivity contribution in [1.29, 1.82) is 0 Å². The highest BCUT2D eigenvalue weighted by atomic mass is 16.5. The fraction of sp³-hybridized carbons (Fsp3) is 0.917. The van der Waals surface area contributed by atoms with E-state index in [0.29, 0.717) is 25.7 Å². The highest BCUT2D eigenvalue weighted by Crippen LogP contribution is 2.02. The van der Waals surface area contributed by atoms with Gasteiger partial charge in [0.2, 0.25) is 5.91 Å². The molecule has 0 rings (SSSR count). The third-order valence-electron chi connectivity index (χ3n) is 2.48. The van der Waals surface area contributed by atoms with E-state index in [0.717, 1.165) is 6.42 Å². The van der Waals surface area contributed by atoms with Crippen LogP contribution in [0.1, 0.15) is 39.5 Å². The zero-order chi connectivity index (χ0) is 12.2. The van der Waals surface area contributed by atoms with E-state index in [-0.39, 0.29) is 5.91 Å². The first-order chi connectivity index (χ1) is 7.70. The summed E-state index contributed by atoms with van der Waals surface area (Å²) in [6.07, 6.45) is 4.88. The molecule has 0 aliphatic rings. The molecule has 1 atom stereocenters. The second kappa shape index (κ2) is 10.9. The summed E-state index contributed by atoms with van der Waals surface area (Å²) in [5, 5.41) is 6.00. The maximum atomic E-state index is 11.3. The molecular weight excluding hydrogens is 204 g/mol. The van der Waals surface area contributed by atoms with Gasteiger partial charge < -0.3 is 15.4 Å². The molecule has 0 aliphatic carbocycles. The van der Waals surface area contributed by atoms with Crippen molar-refractivity contribution in [3.63, 3.8) is 0 Å². The largest absolute Gasteiger partial charge is 0.383 e. The molecular formula is C12H26N2O2. The lowest BCUT2D eigenvalue weighted by Gasteiger charge is -2.13. The monoisotopic (exact) mass is 230 g/mol. The average molecular weight is 230 g/mol. The molecule has 1 unspecified atom stereocenters. The molecule has 0 spiro atoms. The van der Waals surface area contributed by atoms with Gasteiger partial charge in [0.05, 0.1) is 13.2 Å². The molecule has 4 nitrogen and oxygen atoms in total. The number of rotatable bonds is 10. The van der Waals surface area contributed by atoms with Crippen molar-refractivity contribution in [3.05, 3.63) is 0 Å². The van der Waals surface area contributed by atoms with Crippen LogP contribution in [0.15, 0.2) is 0 Å². The maximum Gasteiger partial charge on any atom is 0.234 e. The quantitative estimate of drug-likeness (QED) is 0.556. The number of unbranched alkanes of at least 4 members (excludes halogenated alkanes) is 2. The van der Waals surface area contributed by atoms with Crippen molar-refractivity contribution in [2.45, 2.75) is 45.6 Å². The molecule has 96 valence electrons. The fourth-order valence-corrected chi connectivity index (χ4v) is 1.42. The van der Waals surface area contributed by atoms with Crippen molar-refractivity contribution < 1.29 is 9.53 Å². The van der Waals surface area contributed by atoms with Gasteiger partial charge in [-0.3, -0.25) is 4.79 Å². The molecule has 0 aromatic carbocycles. The Hall–Kier alpha value is -0.610. The van der Waals surface area contributed by atoms with E-state index < -0.39 is 0 Å². The minimum absolute atomic E-state index is 0.0411. The van der Waals surface area contributed by atoms with Gasteiger partial charge in [0.1, 0.15) is 0 Å². The molecule has 0 saturated carbocycles. The molecule has 4 heteroatoms. The van der Waals surface area contributed by atoms with Gasteiger partial charge in [-0.05, 0) is 13.3 Å². The lowest BCUT2D eigenvalue weighted by Crippen LogP contribution is -2.39. The van der Waals surface area contributed by atoms with E-state index in [1.165, 1.54) is 19.3 Å². The van der Waals surface area contributed by atoms with Crippen LogP contribution >= 0.6 is 0 Å². The van der Waals surface area contributed by atoms with E-state index in [4.69, 9.17) is 4.74 Å². The van der Waals surface area contributed by atoms with Gasteiger partial charge >= 0.3 is 0 Å². The van der Waals surface area contributed by atoms with Crippen molar-refractivity contribution in [3.8, 4) is 0 Å². The summed E-state index contributed by atoms with van der Waals surface area (Å²) in [5.74, 6) is 0.0411. The fourth-order valence-electron chi connectivity index (χ4n) is 1.42. The van der Waals surface area contributed by atoms with Gasteiger partial charge in [-0.1, -0.05) is 26.2 Å². The van der Waals surface area contributed by atoms with Crippen molar-refractivity contribution >= 4 is 5.91 Å². The molecule has 0 aromatic rings. The smallest absolute Gasteiger partial charge is 0.234 e. The number of amides is 1. The maximum absolute atomic E-state index is 11.3. The Labute approximate surface area is 99.1 Å². The summed E-state index contributed by atoms with van der Waals surface area (Å²) in [6.45, 7) is 5.87. The predicted molar refractivity (Wildman–Crippen MR) is 66.5 cm³/mol. The van der Waals surface area contributed by atoms with Crippen LogP contribution in [0.5, 0.6) is 0 Å². The predicted octanol–water partition coefficient (Wildman–Crippen LogP) is 1.31. The van der Waals surface area contributed by atoms with Crippen LogP contribution in [0.3, 0.4) is 0 Å². The summed E-state index contributed by atoms with van der Waals surface area (Å²) < 4.78 is 4.85. The molecule has 2 N–H and O–H groups in total. The molecule has 0 bridgehead atoms. The van der Waals surface area contributed by atoms with Crippen molar-refractivity contribution in [2.24, 2.45) is 0 Å². The Balaban J connectivity index is 3.36. The normalized spacial score (nSPS) is 12.4. The lowest BCUT2D eigenvalue weighted by atomic mass is 10.1. The third-order valence-corrected chi connectivity index (χ3v) is 2.48. The SMILES string of the molecule is CCCCCC(C)NCC(=O)NCCOC. The van der Waals surface area contributed by atoms with Crippen LogP contribution in [0.2, 0.25) is 0 Å². The van der Waals surface area contributed by atoms with Crippen molar-refractivity contribution in [2.75, 3.05) is 26.8 Å². The molecule has 0 saturated heterocycles. The van der Waals surface area contributed by atoms with Crippen molar-refractivity contribution in [1.82, 2.24) is 10.6 Å². The Bertz CT molecular complexity index is 174. The Morgan fingerprint density at radius 3 is 2.75 bits per heavy atom. The van der Waals surface area contributed by atoms with E-state index in [1.54, 1.807) is 7.11 Å². The van der Waals surface area contributed by atoms with Crippen LogP contribution < -0.4 is 10.6 Å². The van der Waals surface area contributed by atoms with Gasteiger partial charge in [0.25, 0.3) is 0 Å². The van der Waals surface area contributed by atoms with E-state index in [9.17, 15) is 4.79 Å². The molecule has 0 heterocycles. The van der Waals surface area contributed by atoms with Gasteiger partial charge in [-0.15, -0.1) is 0 Å². The summed E-state index contributed by atoms with van der Waals surface area (Å²) in [6, 6.07) is 0.416. The van der Waals surface area contributed by atoms with Gasteiger partial charge in [0, 0.05) is 19.7 Å². The highest BCUT2D eigenvalue weighted by molar-refractivity contribution is 5.77. The molecule has 0 aliphatic heterocycles. The Morgan fingerprint density at radius 2 is 2.12 bits per heavy atom. The minimum Gasteiger partial charge on any atom is -0.383 e. The average Bonchev–Trinajstić information content (AvgIpc) is 2.27. The zero-order valence-corrected chi connectivity index (χ0v) is 10.8. The number of carbonyl (C=O) groups excluding carboxylic acids is 1. The van der Waals surface area contributed by atoms with Crippen LogP contribution in [-0.2, 0) is 9.53 Å². The Morgan fingerprint density at radius 1 is 1.38 bits per heavy atom. The van der Waals surface area contributed by atoms with Gasteiger partial charge in [0.15, 0.2) is 0 Å². The van der Waals surface area contributed by atoms with Crippen LogP contribution in [0.25, 0.3) is 0 Å². The first-order valence-electron chi connectivity index (χ1n) is 6.19. The molecule has 16 heavy (non-hydrogen) atoms. The van der Waals surface area contributed by atoms with Gasteiger partial charge in [-0.25, -0.2) is 0 Å². The summed E-state index contributed by atoms with van der Waals surface area (Å²) >= 11 is 0. The number of nitrogens with one attached hydrogen (secondary N) is 2.